The Bertz CT molecular complexity index is 2230. The maximum atomic E-state index is 13.0. The fourth-order valence-corrected chi connectivity index (χ4v) is 7.32. The summed E-state index contributed by atoms with van der Waals surface area (Å²) in [5.41, 5.74) is 3.59. The average molecular weight is 1050 g/mol. The van der Waals surface area contributed by atoms with Gasteiger partial charge in [0.15, 0.2) is 17.6 Å². The average Bonchev–Trinajstić information content (AvgIpc) is 3.27. The molecule has 67 heavy (non-hydrogen) atoms. The van der Waals surface area contributed by atoms with Gasteiger partial charge in [0.2, 0.25) is 5.88 Å². The van der Waals surface area contributed by atoms with E-state index in [0.29, 0.717) is 88.3 Å². The van der Waals surface area contributed by atoms with E-state index in [2.05, 4.69) is 59.0 Å². The van der Waals surface area contributed by atoms with Crippen molar-refractivity contribution in [2.75, 3.05) is 63.9 Å². The first-order valence-electron chi connectivity index (χ1n) is 21.2. The highest BCUT2D eigenvalue weighted by molar-refractivity contribution is 14.1. The van der Waals surface area contributed by atoms with Crippen molar-refractivity contribution < 1.29 is 66.6 Å². The van der Waals surface area contributed by atoms with Gasteiger partial charge in [0.1, 0.15) is 40.8 Å². The highest BCUT2D eigenvalue weighted by Gasteiger charge is 2.41. The number of carboxylic acid groups (broad SMARTS) is 1. The Labute approximate surface area is 398 Å². The summed E-state index contributed by atoms with van der Waals surface area (Å²) < 4.78 is 68.5. The first kappa shape index (κ1) is 52.2. The third-order valence-corrected chi connectivity index (χ3v) is 10.7. The molecule has 2 aliphatic heterocycles. The molecule has 23 heteroatoms. The van der Waals surface area contributed by atoms with Crippen LogP contribution in [0.1, 0.15) is 48.9 Å². The smallest absolute Gasteiger partial charge is 0.433 e. The number of aromatic nitrogens is 3. The van der Waals surface area contributed by atoms with Gasteiger partial charge in [-0.3, -0.25) is 9.69 Å². The quantitative estimate of drug-likeness (QED) is 0.0647. The fourth-order valence-electron chi connectivity index (χ4n) is 6.63. The minimum Gasteiger partial charge on any atom is -0.494 e. The van der Waals surface area contributed by atoms with Gasteiger partial charge in [-0.15, -0.1) is 10.2 Å². The summed E-state index contributed by atoms with van der Waals surface area (Å²) in [4.78, 5) is 40.9. The van der Waals surface area contributed by atoms with Crippen molar-refractivity contribution in [1.29, 1.82) is 0 Å². The van der Waals surface area contributed by atoms with Crippen LogP contribution in [-0.2, 0) is 22.1 Å². The van der Waals surface area contributed by atoms with Crippen molar-refractivity contribution >= 4 is 46.5 Å². The molecule has 0 spiro atoms. The predicted octanol–water partition coefficient (Wildman–Crippen LogP) is 4.87. The van der Waals surface area contributed by atoms with Crippen molar-refractivity contribution in [3.8, 4) is 23.1 Å². The predicted molar refractivity (Wildman–Crippen MR) is 244 cm³/mol. The maximum absolute atomic E-state index is 13.0. The number of nitrogens with zero attached hydrogens (tertiary/aromatic N) is 5. The molecule has 19 nitrogen and oxygen atoms in total. The lowest BCUT2D eigenvalue weighted by molar-refractivity contribution is -0.185. The number of ether oxygens (including phenoxy) is 5. The van der Waals surface area contributed by atoms with Crippen LogP contribution in [0.25, 0.3) is 0 Å². The van der Waals surface area contributed by atoms with Crippen molar-refractivity contribution in [2.45, 2.75) is 69.8 Å². The standard InChI is InChI=1S/C43H51F3IN7O9.CH3NO2/c1-42(2,3)63-41(58)49-18-16-27-8-14-32(30(47)24-27)61-29-11-9-28(10-12-29)59-23-5-17-48-40(57)31-13-15-36(52-51-31)54-21-19-53(20-22-54)25-33-38(55)39(56)34(26-60-33)62-37-7-4-6-35(50-37)43(44,45)46;2-1(3)4/h4,6-15,24,33-34,38-39,55-56H,5,16-23,25-26H2,1-3H3,(H,48,57)(H,49,58);2H2,(H,3,4)/t33-,34+,38+,39-;/m1./s1. The van der Waals surface area contributed by atoms with Crippen LogP contribution in [0.5, 0.6) is 23.1 Å². The highest BCUT2D eigenvalue weighted by atomic mass is 127. The number of primary amides is 1. The van der Waals surface area contributed by atoms with Gasteiger partial charge < -0.3 is 60.3 Å². The normalized spacial score (nSPS) is 18.7. The number of alkyl carbamates (subject to hydrolysis) is 1. The molecule has 2 aromatic heterocycles. The number of aliphatic hydroxyl groups is 2. The van der Waals surface area contributed by atoms with E-state index in [1.54, 1.807) is 12.1 Å². The molecule has 0 unspecified atom stereocenters. The number of amides is 3. The number of hydrogen-bond donors (Lipinski definition) is 6. The monoisotopic (exact) mass is 1050 g/mol. The second-order valence-electron chi connectivity index (χ2n) is 16.2. The van der Waals surface area contributed by atoms with E-state index >= 15 is 0 Å². The zero-order valence-electron chi connectivity index (χ0n) is 36.9. The van der Waals surface area contributed by atoms with E-state index in [1.165, 1.54) is 6.07 Å². The van der Waals surface area contributed by atoms with Crippen molar-refractivity contribution in [3.63, 3.8) is 0 Å². The first-order valence-corrected chi connectivity index (χ1v) is 22.2. The first-order chi connectivity index (χ1) is 31.7. The van der Waals surface area contributed by atoms with Gasteiger partial charge in [-0.05, 0) is 116 Å². The Kier molecular flexibility index (Phi) is 19.0. The van der Waals surface area contributed by atoms with Gasteiger partial charge in [-0.2, -0.15) is 13.2 Å². The number of piperazine rings is 1. The van der Waals surface area contributed by atoms with Gasteiger partial charge in [0.05, 0.1) is 22.9 Å². The summed E-state index contributed by atoms with van der Waals surface area (Å²) in [6.07, 6.45) is -9.79. The van der Waals surface area contributed by atoms with Crippen LogP contribution in [0, 0.1) is 3.57 Å². The molecule has 2 aromatic carbocycles. The second-order valence-corrected chi connectivity index (χ2v) is 17.4. The molecule has 3 amide bonds. The Morgan fingerprint density at radius 1 is 0.910 bits per heavy atom. The molecular weight excluding hydrogens is 1000 g/mol. The number of aliphatic hydroxyl groups excluding tert-OH is 2. The van der Waals surface area contributed by atoms with E-state index in [-0.39, 0.29) is 24.1 Å². The molecule has 4 heterocycles. The molecule has 0 saturated carbocycles. The van der Waals surface area contributed by atoms with Crippen LogP contribution in [0.15, 0.2) is 72.8 Å². The minimum absolute atomic E-state index is 0.144. The van der Waals surface area contributed by atoms with Crippen molar-refractivity contribution in [3.05, 3.63) is 93.3 Å². The number of nitrogens with one attached hydrogen (secondary N) is 2. The van der Waals surface area contributed by atoms with E-state index < -0.39 is 54.1 Å². The number of halogens is 4. The SMILES string of the molecule is CC(C)(C)OC(=O)NCCc1ccc(Oc2ccc(OCCCNC(=O)c3ccc(N4CCN(C[C@H]5OC[C@H](Oc6cccc(C(F)(F)F)n6)[C@@H](O)[C@H]5O)CC4)nn3)cc2)c(I)c1.NC(=O)O. The summed E-state index contributed by atoms with van der Waals surface area (Å²) in [5.74, 6) is 1.95. The third kappa shape index (κ3) is 17.1. The van der Waals surface area contributed by atoms with Crippen LogP contribution < -0.4 is 35.5 Å². The Hall–Kier alpha value is -5.76. The van der Waals surface area contributed by atoms with Crippen LogP contribution in [-0.4, -0.2) is 143 Å². The molecule has 0 radical (unpaired) electrons. The third-order valence-electron chi connectivity index (χ3n) is 9.90. The van der Waals surface area contributed by atoms with E-state index in [1.807, 2.05) is 68.1 Å². The molecule has 2 aliphatic rings. The molecular formula is C44H54F3IN8O11. The number of pyridine rings is 1. The van der Waals surface area contributed by atoms with Crippen molar-refractivity contribution in [1.82, 2.24) is 30.7 Å². The molecule has 6 rings (SSSR count). The lowest BCUT2D eigenvalue weighted by atomic mass is 9.99. The number of anilines is 1. The zero-order chi connectivity index (χ0) is 48.7. The van der Waals surface area contributed by atoms with Crippen molar-refractivity contribution in [2.24, 2.45) is 5.73 Å². The largest absolute Gasteiger partial charge is 0.494 e. The summed E-state index contributed by atoms with van der Waals surface area (Å²) in [7, 11) is 0. The molecule has 0 aliphatic carbocycles. The van der Waals surface area contributed by atoms with E-state index in [9.17, 15) is 33.0 Å². The molecule has 7 N–H and O–H groups in total. The molecule has 2 fully saturated rings. The minimum atomic E-state index is -4.65. The highest BCUT2D eigenvalue weighted by Crippen LogP contribution is 2.31. The number of alkyl halides is 3. The summed E-state index contributed by atoms with van der Waals surface area (Å²) in [6, 6.07) is 19.7. The summed E-state index contributed by atoms with van der Waals surface area (Å²) in [5, 5.41) is 42.7. The number of rotatable bonds is 16. The molecule has 364 valence electrons. The van der Waals surface area contributed by atoms with Gasteiger partial charge in [-0.25, -0.2) is 14.6 Å². The van der Waals surface area contributed by atoms with Crippen LogP contribution in [0.2, 0.25) is 0 Å². The second kappa shape index (κ2) is 24.3. The lowest BCUT2D eigenvalue weighted by Gasteiger charge is -2.41. The number of benzene rings is 2. The number of hydrogen-bond acceptors (Lipinski definition) is 15. The number of carbonyl (C=O) groups excluding carboxylic acids is 2. The molecule has 0 bridgehead atoms. The molecule has 4 atom stereocenters. The van der Waals surface area contributed by atoms with E-state index in [4.69, 9.17) is 33.6 Å². The van der Waals surface area contributed by atoms with Crippen LogP contribution >= 0.6 is 22.6 Å². The van der Waals surface area contributed by atoms with Gasteiger partial charge in [0, 0.05) is 51.9 Å². The number of carbonyl (C=O) groups is 3. The molecule has 4 aromatic rings. The lowest BCUT2D eigenvalue weighted by Crippen LogP contribution is -2.59. The van der Waals surface area contributed by atoms with Crippen LogP contribution in [0.4, 0.5) is 28.6 Å². The van der Waals surface area contributed by atoms with E-state index in [0.717, 1.165) is 21.3 Å². The van der Waals surface area contributed by atoms with Crippen LogP contribution in [0.3, 0.4) is 0 Å². The zero-order valence-corrected chi connectivity index (χ0v) is 39.1. The number of nitrogens with two attached hydrogens (primary N) is 1. The Morgan fingerprint density at radius 2 is 1.61 bits per heavy atom. The summed E-state index contributed by atoms with van der Waals surface area (Å²) in [6.45, 7) is 9.19. The topological polar surface area (TPSA) is 253 Å². The van der Waals surface area contributed by atoms with Gasteiger partial charge >= 0.3 is 18.4 Å². The fraction of sp³-hybridized carbons (Fsp3) is 0.455. The summed E-state index contributed by atoms with van der Waals surface area (Å²) >= 11 is 2.22. The van der Waals surface area contributed by atoms with Gasteiger partial charge in [-0.1, -0.05) is 12.1 Å². The Morgan fingerprint density at radius 3 is 2.25 bits per heavy atom. The maximum Gasteiger partial charge on any atom is 0.433 e. The van der Waals surface area contributed by atoms with Gasteiger partial charge in [0.25, 0.3) is 5.91 Å². The molecule has 2 saturated heterocycles. The Balaban J connectivity index is 0.00000202.